The second-order valence-corrected chi connectivity index (χ2v) is 4.00. The van der Waals surface area contributed by atoms with Crippen LogP contribution in [-0.4, -0.2) is 29.5 Å². The Morgan fingerprint density at radius 2 is 2.13 bits per heavy atom. The number of hydrogen-bond acceptors (Lipinski definition) is 3. The Labute approximate surface area is 91.6 Å². The predicted molar refractivity (Wildman–Crippen MR) is 62.3 cm³/mol. The van der Waals surface area contributed by atoms with E-state index in [0.717, 1.165) is 24.4 Å². The summed E-state index contributed by atoms with van der Waals surface area (Å²) in [6, 6.07) is 0.409. The first-order valence-corrected chi connectivity index (χ1v) is 5.32. The van der Waals surface area contributed by atoms with E-state index < -0.39 is 0 Å². The van der Waals surface area contributed by atoms with E-state index in [4.69, 9.17) is 4.74 Å². The van der Waals surface area contributed by atoms with Gasteiger partial charge in [-0.1, -0.05) is 0 Å². The Morgan fingerprint density at radius 1 is 1.47 bits per heavy atom. The van der Waals surface area contributed by atoms with Gasteiger partial charge in [0.1, 0.15) is 0 Å². The molecular formula is C11H21N3O. The first kappa shape index (κ1) is 12.0. The SMILES string of the molecule is COCCC(C)Nc1c(C)nn(C)c1C. The molecular weight excluding hydrogens is 190 g/mol. The van der Waals surface area contributed by atoms with Gasteiger partial charge >= 0.3 is 0 Å². The summed E-state index contributed by atoms with van der Waals surface area (Å²) in [5.74, 6) is 0. The third kappa shape index (κ3) is 2.96. The number of rotatable bonds is 5. The average molecular weight is 211 g/mol. The molecule has 4 nitrogen and oxygen atoms in total. The van der Waals surface area contributed by atoms with Crippen LogP contribution < -0.4 is 5.32 Å². The highest BCUT2D eigenvalue weighted by molar-refractivity contribution is 5.52. The Morgan fingerprint density at radius 3 is 2.60 bits per heavy atom. The lowest BCUT2D eigenvalue weighted by Gasteiger charge is -2.14. The van der Waals surface area contributed by atoms with Crippen molar-refractivity contribution >= 4 is 5.69 Å². The van der Waals surface area contributed by atoms with Crippen LogP contribution >= 0.6 is 0 Å². The molecule has 1 unspecified atom stereocenters. The monoisotopic (exact) mass is 211 g/mol. The zero-order chi connectivity index (χ0) is 11.4. The lowest BCUT2D eigenvalue weighted by molar-refractivity contribution is 0.191. The molecule has 0 spiro atoms. The standard InChI is InChI=1S/C11H21N3O/c1-8(6-7-15-5)12-11-9(2)13-14(4)10(11)3/h8,12H,6-7H2,1-5H3. The molecule has 0 fully saturated rings. The molecule has 0 saturated carbocycles. The number of aryl methyl sites for hydroxylation is 2. The Hall–Kier alpha value is -1.03. The summed E-state index contributed by atoms with van der Waals surface area (Å²) in [4.78, 5) is 0. The highest BCUT2D eigenvalue weighted by Gasteiger charge is 2.11. The lowest BCUT2D eigenvalue weighted by Crippen LogP contribution is -2.18. The van der Waals surface area contributed by atoms with Gasteiger partial charge in [0, 0.05) is 26.8 Å². The molecule has 1 aromatic heterocycles. The quantitative estimate of drug-likeness (QED) is 0.808. The summed E-state index contributed by atoms with van der Waals surface area (Å²) in [7, 11) is 3.70. The molecule has 0 aliphatic carbocycles. The fourth-order valence-corrected chi connectivity index (χ4v) is 1.60. The van der Waals surface area contributed by atoms with Gasteiger partial charge in [0.15, 0.2) is 0 Å². The topological polar surface area (TPSA) is 39.1 Å². The van der Waals surface area contributed by atoms with Gasteiger partial charge in [0.2, 0.25) is 0 Å². The first-order valence-electron chi connectivity index (χ1n) is 5.32. The summed E-state index contributed by atoms with van der Waals surface area (Å²) in [6.07, 6.45) is 1.00. The van der Waals surface area contributed by atoms with Crippen LogP contribution in [0, 0.1) is 13.8 Å². The molecule has 0 aliphatic heterocycles. The van der Waals surface area contributed by atoms with Crippen LogP contribution in [0.2, 0.25) is 0 Å². The number of methoxy groups -OCH3 is 1. The molecule has 1 heterocycles. The van der Waals surface area contributed by atoms with Crippen LogP contribution in [0.4, 0.5) is 5.69 Å². The summed E-state index contributed by atoms with van der Waals surface area (Å²) in [5, 5.41) is 7.84. The van der Waals surface area contributed by atoms with E-state index in [0.29, 0.717) is 6.04 Å². The molecule has 1 atom stereocenters. The summed E-state index contributed by atoms with van der Waals surface area (Å²) in [5.41, 5.74) is 3.39. The van der Waals surface area contributed by atoms with Crippen molar-refractivity contribution in [1.29, 1.82) is 0 Å². The van der Waals surface area contributed by atoms with Gasteiger partial charge in [-0.15, -0.1) is 0 Å². The van der Waals surface area contributed by atoms with Gasteiger partial charge in [-0.3, -0.25) is 4.68 Å². The van der Waals surface area contributed by atoms with Gasteiger partial charge in [-0.25, -0.2) is 0 Å². The number of anilines is 1. The summed E-state index contributed by atoms with van der Waals surface area (Å²) in [6.45, 7) is 7.04. The highest BCUT2D eigenvalue weighted by atomic mass is 16.5. The molecule has 0 bridgehead atoms. The Bertz CT molecular complexity index is 320. The molecule has 1 N–H and O–H groups in total. The average Bonchev–Trinajstić information content (AvgIpc) is 2.42. The normalized spacial score (nSPS) is 12.9. The van der Waals surface area contributed by atoms with Gasteiger partial charge in [0.25, 0.3) is 0 Å². The van der Waals surface area contributed by atoms with Gasteiger partial charge in [-0.05, 0) is 27.2 Å². The van der Waals surface area contributed by atoms with Crippen molar-refractivity contribution in [1.82, 2.24) is 9.78 Å². The Kier molecular flexibility index (Phi) is 4.15. The predicted octanol–water partition coefficient (Wildman–Crippen LogP) is 1.87. The maximum atomic E-state index is 5.06. The summed E-state index contributed by atoms with van der Waals surface area (Å²) < 4.78 is 6.96. The summed E-state index contributed by atoms with van der Waals surface area (Å²) >= 11 is 0. The second-order valence-electron chi connectivity index (χ2n) is 4.00. The minimum Gasteiger partial charge on any atom is -0.385 e. The molecule has 0 saturated heterocycles. The zero-order valence-corrected chi connectivity index (χ0v) is 10.3. The van der Waals surface area contributed by atoms with E-state index in [1.165, 1.54) is 5.69 Å². The molecule has 1 rings (SSSR count). The highest BCUT2D eigenvalue weighted by Crippen LogP contribution is 2.19. The maximum Gasteiger partial charge on any atom is 0.0827 e. The first-order chi connectivity index (χ1) is 7.06. The maximum absolute atomic E-state index is 5.06. The Balaban J connectivity index is 2.63. The van der Waals surface area contributed by atoms with Crippen molar-refractivity contribution in [3.63, 3.8) is 0 Å². The van der Waals surface area contributed by atoms with E-state index in [-0.39, 0.29) is 0 Å². The van der Waals surface area contributed by atoms with E-state index in [9.17, 15) is 0 Å². The van der Waals surface area contributed by atoms with Crippen molar-refractivity contribution in [2.24, 2.45) is 7.05 Å². The molecule has 0 aliphatic rings. The smallest absolute Gasteiger partial charge is 0.0827 e. The molecule has 15 heavy (non-hydrogen) atoms. The van der Waals surface area contributed by atoms with Gasteiger partial charge in [0.05, 0.1) is 17.1 Å². The van der Waals surface area contributed by atoms with Crippen LogP contribution in [0.3, 0.4) is 0 Å². The van der Waals surface area contributed by atoms with Crippen molar-refractivity contribution < 1.29 is 4.74 Å². The van der Waals surface area contributed by atoms with Crippen LogP contribution in [-0.2, 0) is 11.8 Å². The van der Waals surface area contributed by atoms with Crippen LogP contribution in [0.25, 0.3) is 0 Å². The molecule has 0 amide bonds. The van der Waals surface area contributed by atoms with E-state index in [2.05, 4.69) is 24.3 Å². The number of nitrogens with zero attached hydrogens (tertiary/aromatic N) is 2. The van der Waals surface area contributed by atoms with Gasteiger partial charge in [-0.2, -0.15) is 5.10 Å². The largest absolute Gasteiger partial charge is 0.385 e. The number of hydrogen-bond donors (Lipinski definition) is 1. The van der Waals surface area contributed by atoms with E-state index >= 15 is 0 Å². The molecule has 0 aromatic carbocycles. The molecule has 1 aromatic rings. The molecule has 0 radical (unpaired) electrons. The van der Waals surface area contributed by atoms with Crippen LogP contribution in [0.15, 0.2) is 0 Å². The van der Waals surface area contributed by atoms with Crippen molar-refractivity contribution in [3.8, 4) is 0 Å². The third-order valence-electron chi connectivity index (χ3n) is 2.65. The minimum atomic E-state index is 0.409. The molecule has 86 valence electrons. The fraction of sp³-hybridized carbons (Fsp3) is 0.727. The zero-order valence-electron chi connectivity index (χ0n) is 10.3. The number of aromatic nitrogens is 2. The number of ether oxygens (including phenoxy) is 1. The van der Waals surface area contributed by atoms with Crippen molar-refractivity contribution in [3.05, 3.63) is 11.4 Å². The minimum absolute atomic E-state index is 0.409. The third-order valence-corrected chi connectivity index (χ3v) is 2.65. The van der Waals surface area contributed by atoms with Crippen LogP contribution in [0.5, 0.6) is 0 Å². The molecule has 4 heteroatoms. The fourth-order valence-electron chi connectivity index (χ4n) is 1.60. The second kappa shape index (κ2) is 5.16. The van der Waals surface area contributed by atoms with Crippen molar-refractivity contribution in [2.75, 3.05) is 19.0 Å². The van der Waals surface area contributed by atoms with Gasteiger partial charge < -0.3 is 10.1 Å². The number of nitrogens with one attached hydrogen (secondary N) is 1. The van der Waals surface area contributed by atoms with Crippen molar-refractivity contribution in [2.45, 2.75) is 33.2 Å². The van der Waals surface area contributed by atoms with E-state index in [1.54, 1.807) is 7.11 Å². The van der Waals surface area contributed by atoms with Crippen LogP contribution in [0.1, 0.15) is 24.7 Å². The van der Waals surface area contributed by atoms with E-state index in [1.807, 2.05) is 18.7 Å². The lowest BCUT2D eigenvalue weighted by atomic mass is 10.2.